The number of aliphatic carboxylic acids is 1. The molecule has 1 aliphatic rings. The molecule has 2 N–H and O–H groups in total. The lowest BCUT2D eigenvalue weighted by Gasteiger charge is -2.41. The number of nitrogens with one attached hydrogen (secondary N) is 1. The molecule has 0 aromatic carbocycles. The van der Waals surface area contributed by atoms with E-state index in [9.17, 15) is 9.59 Å². The molecule has 1 amide bonds. The van der Waals surface area contributed by atoms with Crippen LogP contribution in [0.2, 0.25) is 0 Å². The minimum Gasteiger partial charge on any atom is -0.481 e. The van der Waals surface area contributed by atoms with Gasteiger partial charge in [0.05, 0.1) is 12.0 Å². The van der Waals surface area contributed by atoms with Gasteiger partial charge in [0.15, 0.2) is 0 Å². The second-order valence-corrected chi connectivity index (χ2v) is 3.61. The zero-order chi connectivity index (χ0) is 9.90. The summed E-state index contributed by atoms with van der Waals surface area (Å²) in [5, 5.41) is 11.4. The van der Waals surface area contributed by atoms with Crippen molar-refractivity contribution in [2.75, 3.05) is 0 Å². The van der Waals surface area contributed by atoms with E-state index in [2.05, 4.69) is 5.32 Å². The molecule has 0 aromatic heterocycles. The standard InChI is InChI=1S/C9H15NO3/c1-2-7(11)10-9(4-3-5-9)6-8(12)13/h2-6H2,1H3,(H,10,11)(H,12,13). The molecule has 0 unspecified atom stereocenters. The number of hydrogen-bond donors (Lipinski definition) is 2. The summed E-state index contributed by atoms with van der Waals surface area (Å²) >= 11 is 0. The second-order valence-electron chi connectivity index (χ2n) is 3.61. The highest BCUT2D eigenvalue weighted by atomic mass is 16.4. The van der Waals surface area contributed by atoms with E-state index in [1.165, 1.54) is 0 Å². The first kappa shape index (κ1) is 10.0. The molecular formula is C9H15NO3. The Morgan fingerprint density at radius 2 is 2.08 bits per heavy atom. The number of carbonyl (C=O) groups excluding carboxylic acids is 1. The third-order valence-electron chi connectivity index (χ3n) is 2.53. The van der Waals surface area contributed by atoms with Crippen molar-refractivity contribution in [3.63, 3.8) is 0 Å². The van der Waals surface area contributed by atoms with Crippen LogP contribution in [-0.4, -0.2) is 22.5 Å². The average molecular weight is 185 g/mol. The first-order valence-corrected chi connectivity index (χ1v) is 4.61. The van der Waals surface area contributed by atoms with Crippen molar-refractivity contribution >= 4 is 11.9 Å². The van der Waals surface area contributed by atoms with Crippen LogP contribution in [-0.2, 0) is 9.59 Å². The Kier molecular flexibility index (Phi) is 2.90. The van der Waals surface area contributed by atoms with Crippen molar-refractivity contribution in [1.82, 2.24) is 5.32 Å². The molecule has 1 rings (SSSR count). The summed E-state index contributed by atoms with van der Waals surface area (Å²) in [5.74, 6) is -0.892. The lowest BCUT2D eigenvalue weighted by atomic mass is 9.74. The highest BCUT2D eigenvalue weighted by Crippen LogP contribution is 2.34. The van der Waals surface area contributed by atoms with E-state index in [-0.39, 0.29) is 12.3 Å². The van der Waals surface area contributed by atoms with Crippen LogP contribution in [0.3, 0.4) is 0 Å². The van der Waals surface area contributed by atoms with Gasteiger partial charge in [-0.25, -0.2) is 0 Å². The number of amides is 1. The van der Waals surface area contributed by atoms with Crippen molar-refractivity contribution in [3.05, 3.63) is 0 Å². The molecule has 0 bridgehead atoms. The van der Waals surface area contributed by atoms with Crippen LogP contribution in [0.4, 0.5) is 0 Å². The molecule has 4 heteroatoms. The minimum absolute atomic E-state index is 0.0543. The van der Waals surface area contributed by atoms with Crippen molar-refractivity contribution in [1.29, 1.82) is 0 Å². The lowest BCUT2D eigenvalue weighted by Crippen LogP contribution is -2.54. The van der Waals surface area contributed by atoms with Gasteiger partial charge in [-0.2, -0.15) is 0 Å². The van der Waals surface area contributed by atoms with E-state index < -0.39 is 11.5 Å². The molecule has 1 aliphatic carbocycles. The van der Waals surface area contributed by atoms with Crippen LogP contribution in [0, 0.1) is 0 Å². The second kappa shape index (κ2) is 3.77. The summed E-state index contributed by atoms with van der Waals surface area (Å²) in [6.45, 7) is 1.77. The number of carbonyl (C=O) groups is 2. The van der Waals surface area contributed by atoms with Gasteiger partial charge >= 0.3 is 5.97 Å². The number of hydrogen-bond acceptors (Lipinski definition) is 2. The molecule has 1 fully saturated rings. The molecule has 0 saturated heterocycles. The fourth-order valence-electron chi connectivity index (χ4n) is 1.62. The van der Waals surface area contributed by atoms with Gasteiger partial charge in [0, 0.05) is 6.42 Å². The number of carboxylic acid groups (broad SMARTS) is 1. The predicted molar refractivity (Wildman–Crippen MR) is 47.3 cm³/mol. The Hall–Kier alpha value is -1.06. The van der Waals surface area contributed by atoms with Crippen LogP contribution in [0.5, 0.6) is 0 Å². The SMILES string of the molecule is CCC(=O)NC1(CC(=O)O)CCC1. The largest absolute Gasteiger partial charge is 0.481 e. The van der Waals surface area contributed by atoms with E-state index >= 15 is 0 Å². The van der Waals surface area contributed by atoms with Crippen molar-refractivity contribution in [2.45, 2.75) is 44.6 Å². The molecule has 1 saturated carbocycles. The molecule has 4 nitrogen and oxygen atoms in total. The van der Waals surface area contributed by atoms with Gasteiger partial charge < -0.3 is 10.4 Å². The Morgan fingerprint density at radius 3 is 2.38 bits per heavy atom. The Morgan fingerprint density at radius 1 is 1.46 bits per heavy atom. The van der Waals surface area contributed by atoms with Crippen LogP contribution >= 0.6 is 0 Å². The highest BCUT2D eigenvalue weighted by Gasteiger charge is 2.39. The highest BCUT2D eigenvalue weighted by molar-refractivity contribution is 5.78. The quantitative estimate of drug-likeness (QED) is 0.684. The predicted octanol–water partition coefficient (Wildman–Crippen LogP) is 0.910. The maximum Gasteiger partial charge on any atom is 0.305 e. The molecule has 74 valence electrons. The Balaban J connectivity index is 2.49. The monoisotopic (exact) mass is 185 g/mol. The average Bonchev–Trinajstić information content (AvgIpc) is 1.99. The molecule has 0 atom stereocenters. The zero-order valence-corrected chi connectivity index (χ0v) is 7.80. The summed E-state index contributed by atoms with van der Waals surface area (Å²) in [6, 6.07) is 0. The van der Waals surface area contributed by atoms with E-state index in [0.717, 1.165) is 19.3 Å². The molecule has 13 heavy (non-hydrogen) atoms. The molecule has 0 radical (unpaired) electrons. The molecule has 0 spiro atoms. The zero-order valence-electron chi connectivity index (χ0n) is 7.80. The molecule has 0 aromatic rings. The van der Waals surface area contributed by atoms with E-state index in [4.69, 9.17) is 5.11 Å². The number of rotatable bonds is 4. The number of carboxylic acids is 1. The summed E-state index contributed by atoms with van der Waals surface area (Å²) in [4.78, 5) is 21.6. The van der Waals surface area contributed by atoms with E-state index in [1.54, 1.807) is 6.92 Å². The van der Waals surface area contributed by atoms with Crippen LogP contribution in [0.1, 0.15) is 39.0 Å². The first-order valence-electron chi connectivity index (χ1n) is 4.61. The van der Waals surface area contributed by atoms with Crippen LogP contribution < -0.4 is 5.32 Å². The van der Waals surface area contributed by atoms with Gasteiger partial charge in [0.1, 0.15) is 0 Å². The van der Waals surface area contributed by atoms with Crippen LogP contribution in [0.15, 0.2) is 0 Å². The maximum absolute atomic E-state index is 11.1. The van der Waals surface area contributed by atoms with Gasteiger partial charge in [-0.05, 0) is 19.3 Å². The summed E-state index contributed by atoms with van der Waals surface area (Å²) in [7, 11) is 0. The van der Waals surface area contributed by atoms with E-state index in [1.807, 2.05) is 0 Å². The van der Waals surface area contributed by atoms with Gasteiger partial charge in [0.25, 0.3) is 0 Å². The lowest BCUT2D eigenvalue weighted by molar-refractivity contribution is -0.140. The summed E-state index contributed by atoms with van der Waals surface area (Å²) in [6.07, 6.45) is 3.08. The third kappa shape index (κ3) is 2.44. The first-order chi connectivity index (χ1) is 6.08. The van der Waals surface area contributed by atoms with Gasteiger partial charge in [-0.15, -0.1) is 0 Å². The summed E-state index contributed by atoms with van der Waals surface area (Å²) in [5.41, 5.74) is -0.432. The van der Waals surface area contributed by atoms with Crippen molar-refractivity contribution < 1.29 is 14.7 Å². The molecular weight excluding hydrogens is 170 g/mol. The maximum atomic E-state index is 11.1. The van der Waals surface area contributed by atoms with Crippen molar-refractivity contribution in [3.8, 4) is 0 Å². The van der Waals surface area contributed by atoms with Crippen LogP contribution in [0.25, 0.3) is 0 Å². The van der Waals surface area contributed by atoms with Gasteiger partial charge in [-0.1, -0.05) is 6.92 Å². The molecule has 0 heterocycles. The fraction of sp³-hybridized carbons (Fsp3) is 0.778. The minimum atomic E-state index is -0.837. The normalized spacial score (nSPS) is 18.8. The van der Waals surface area contributed by atoms with Gasteiger partial charge in [0.2, 0.25) is 5.91 Å². The topological polar surface area (TPSA) is 66.4 Å². The Bertz CT molecular complexity index is 221. The summed E-state index contributed by atoms with van der Waals surface area (Å²) < 4.78 is 0. The third-order valence-corrected chi connectivity index (χ3v) is 2.53. The van der Waals surface area contributed by atoms with Gasteiger partial charge in [-0.3, -0.25) is 9.59 Å². The smallest absolute Gasteiger partial charge is 0.305 e. The van der Waals surface area contributed by atoms with Crippen molar-refractivity contribution in [2.24, 2.45) is 0 Å². The molecule has 0 aliphatic heterocycles. The Labute approximate surface area is 77.3 Å². The van der Waals surface area contributed by atoms with E-state index in [0.29, 0.717) is 6.42 Å². The fourth-order valence-corrected chi connectivity index (χ4v) is 1.62.